The first-order valence-electron chi connectivity index (χ1n) is 9.33. The van der Waals surface area contributed by atoms with Gasteiger partial charge < -0.3 is 14.6 Å². The lowest BCUT2D eigenvalue weighted by molar-refractivity contribution is -0.135. The quantitative estimate of drug-likeness (QED) is 0.374. The van der Waals surface area contributed by atoms with Gasteiger partial charge in [-0.05, 0) is 18.6 Å². The summed E-state index contributed by atoms with van der Waals surface area (Å²) in [4.78, 5) is 36.5. The van der Waals surface area contributed by atoms with E-state index in [-0.39, 0.29) is 44.3 Å². The van der Waals surface area contributed by atoms with Crippen LogP contribution in [0, 0.1) is 11.8 Å². The van der Waals surface area contributed by atoms with E-state index < -0.39 is 11.9 Å². The molecule has 1 atom stereocenters. The summed E-state index contributed by atoms with van der Waals surface area (Å²) in [6.45, 7) is 1.18. The van der Waals surface area contributed by atoms with Crippen LogP contribution in [0.15, 0.2) is 23.0 Å². The Hall–Kier alpha value is -2.93. The number of imidazole rings is 1. The minimum atomic E-state index is -0.727. The van der Waals surface area contributed by atoms with Crippen molar-refractivity contribution >= 4 is 22.8 Å². The van der Waals surface area contributed by atoms with Crippen LogP contribution >= 0.6 is 0 Å². The van der Waals surface area contributed by atoms with Gasteiger partial charge in [0.2, 0.25) is 11.8 Å². The fourth-order valence-corrected chi connectivity index (χ4v) is 3.31. The zero-order valence-corrected chi connectivity index (χ0v) is 16.1. The van der Waals surface area contributed by atoms with Gasteiger partial charge in [0, 0.05) is 13.5 Å². The molecule has 2 N–H and O–H groups in total. The number of fused-ring (bicyclic) bond motifs is 1. The van der Waals surface area contributed by atoms with Gasteiger partial charge in [-0.2, -0.15) is 0 Å². The first-order valence-corrected chi connectivity index (χ1v) is 9.33. The topological polar surface area (TPSA) is 112 Å². The van der Waals surface area contributed by atoms with Gasteiger partial charge in [0.1, 0.15) is 12.6 Å². The number of para-hydroxylation sites is 1. The van der Waals surface area contributed by atoms with Gasteiger partial charge in [-0.25, -0.2) is 4.79 Å². The average molecular weight is 401 g/mol. The highest BCUT2D eigenvalue weighted by atomic mass is 16.5. The lowest BCUT2D eigenvalue weighted by atomic mass is 10.1. The molecule has 2 heterocycles. The third-order valence-corrected chi connectivity index (χ3v) is 4.63. The smallest absolute Gasteiger partial charge is 0.329 e. The van der Waals surface area contributed by atoms with Crippen LogP contribution in [0.2, 0.25) is 0 Å². The van der Waals surface area contributed by atoms with Crippen molar-refractivity contribution in [1.82, 2.24) is 14.5 Å². The highest BCUT2D eigenvalue weighted by Gasteiger charge is 2.31. The molecule has 0 aliphatic carbocycles. The summed E-state index contributed by atoms with van der Waals surface area (Å²) in [5.41, 5.74) is 1.53. The molecule has 1 aliphatic heterocycles. The molecule has 0 saturated carbocycles. The third-order valence-electron chi connectivity index (χ3n) is 4.63. The SMILES string of the molecule is Cn1c(=O)n(C2CCC(=O)NC2=O)c2cccc(C#CCOCCOCCO)c21. The van der Waals surface area contributed by atoms with Crippen molar-refractivity contribution in [3.63, 3.8) is 0 Å². The maximum absolute atomic E-state index is 12.8. The van der Waals surface area contributed by atoms with Crippen molar-refractivity contribution in [2.75, 3.05) is 33.0 Å². The van der Waals surface area contributed by atoms with Crippen LogP contribution in [0.1, 0.15) is 24.4 Å². The lowest BCUT2D eigenvalue weighted by Crippen LogP contribution is -2.44. The number of nitrogens with one attached hydrogen (secondary N) is 1. The average Bonchev–Trinajstić information content (AvgIpc) is 2.95. The fourth-order valence-electron chi connectivity index (χ4n) is 3.31. The van der Waals surface area contributed by atoms with E-state index in [4.69, 9.17) is 14.6 Å². The number of carbonyl (C=O) groups excluding carboxylic acids is 2. The van der Waals surface area contributed by atoms with Gasteiger partial charge in [0.25, 0.3) is 0 Å². The molecule has 1 aliphatic rings. The number of carbonyl (C=O) groups is 2. The number of amides is 2. The number of rotatable bonds is 7. The van der Waals surface area contributed by atoms with Crippen molar-refractivity contribution in [3.8, 4) is 11.8 Å². The van der Waals surface area contributed by atoms with Crippen LogP contribution in [0.4, 0.5) is 0 Å². The van der Waals surface area contributed by atoms with Gasteiger partial charge in [-0.1, -0.05) is 17.9 Å². The molecule has 9 nitrogen and oxygen atoms in total. The van der Waals surface area contributed by atoms with E-state index in [2.05, 4.69) is 17.2 Å². The minimum absolute atomic E-state index is 0.0268. The first-order chi connectivity index (χ1) is 14.0. The highest BCUT2D eigenvalue weighted by Crippen LogP contribution is 2.24. The van der Waals surface area contributed by atoms with Crippen molar-refractivity contribution in [3.05, 3.63) is 34.2 Å². The molecule has 29 heavy (non-hydrogen) atoms. The van der Waals surface area contributed by atoms with Gasteiger partial charge >= 0.3 is 5.69 Å². The molecular weight excluding hydrogens is 378 g/mol. The molecule has 0 radical (unpaired) electrons. The first kappa shape index (κ1) is 20.8. The maximum Gasteiger partial charge on any atom is 0.329 e. The highest BCUT2D eigenvalue weighted by molar-refractivity contribution is 6.00. The number of aliphatic hydroxyl groups is 1. The van der Waals surface area contributed by atoms with Gasteiger partial charge in [0.15, 0.2) is 0 Å². The number of aromatic nitrogens is 2. The van der Waals surface area contributed by atoms with Crippen molar-refractivity contribution in [2.45, 2.75) is 18.9 Å². The van der Waals surface area contributed by atoms with Crippen molar-refractivity contribution < 1.29 is 24.2 Å². The summed E-state index contributed by atoms with van der Waals surface area (Å²) < 4.78 is 13.3. The molecule has 0 bridgehead atoms. The van der Waals surface area contributed by atoms with E-state index in [1.807, 2.05) is 0 Å². The Balaban J connectivity index is 1.81. The molecule has 1 fully saturated rings. The molecule has 2 amide bonds. The Morgan fingerprint density at radius 2 is 2.00 bits per heavy atom. The largest absolute Gasteiger partial charge is 0.394 e. The van der Waals surface area contributed by atoms with Crippen LogP contribution in [0.3, 0.4) is 0 Å². The summed E-state index contributed by atoms with van der Waals surface area (Å²) in [6, 6.07) is 4.61. The Kier molecular flexibility index (Phi) is 6.82. The number of benzene rings is 1. The number of ether oxygens (including phenoxy) is 2. The third kappa shape index (κ3) is 4.56. The monoisotopic (exact) mass is 401 g/mol. The zero-order valence-electron chi connectivity index (χ0n) is 16.1. The Bertz CT molecular complexity index is 1030. The van der Waals surface area contributed by atoms with E-state index >= 15 is 0 Å². The number of nitrogens with zero attached hydrogens (tertiary/aromatic N) is 2. The van der Waals surface area contributed by atoms with E-state index in [1.54, 1.807) is 25.2 Å². The Labute approximate surface area is 167 Å². The number of aryl methyl sites for hydroxylation is 1. The number of imide groups is 1. The summed E-state index contributed by atoms with van der Waals surface area (Å²) in [6.07, 6.45) is 0.476. The second kappa shape index (κ2) is 9.52. The van der Waals surface area contributed by atoms with Gasteiger partial charge in [-0.3, -0.25) is 24.0 Å². The molecule has 154 valence electrons. The summed E-state index contributed by atoms with van der Waals surface area (Å²) in [5.74, 6) is 5.12. The van der Waals surface area contributed by atoms with Gasteiger partial charge in [0.05, 0.1) is 43.0 Å². The minimum Gasteiger partial charge on any atom is -0.394 e. The number of piperidine rings is 1. The molecular formula is C20H23N3O6. The Morgan fingerprint density at radius 1 is 1.21 bits per heavy atom. The lowest BCUT2D eigenvalue weighted by Gasteiger charge is -2.21. The van der Waals surface area contributed by atoms with Crippen LogP contribution in [-0.2, 0) is 26.1 Å². The van der Waals surface area contributed by atoms with E-state index in [0.29, 0.717) is 29.8 Å². The number of hydrogen-bond donors (Lipinski definition) is 2. The maximum atomic E-state index is 12.8. The molecule has 1 aromatic carbocycles. The molecule has 2 aromatic rings. The number of hydrogen-bond acceptors (Lipinski definition) is 6. The standard InChI is InChI=1S/C20H23N3O6/c1-22-18-14(5-3-10-28-12-13-29-11-9-24)4-2-6-15(18)23(20(22)27)16-7-8-17(25)21-19(16)26/h2,4,6,16,24H,7-13H2,1H3,(H,21,25,26). The van der Waals surface area contributed by atoms with Crippen molar-refractivity contribution in [1.29, 1.82) is 0 Å². The van der Waals surface area contributed by atoms with E-state index in [1.165, 1.54) is 9.13 Å². The van der Waals surface area contributed by atoms with Crippen LogP contribution < -0.4 is 11.0 Å². The molecule has 0 spiro atoms. The van der Waals surface area contributed by atoms with Gasteiger partial charge in [-0.15, -0.1) is 0 Å². The summed E-state index contributed by atoms with van der Waals surface area (Å²) in [5, 5.41) is 10.9. The Morgan fingerprint density at radius 3 is 2.76 bits per heavy atom. The van der Waals surface area contributed by atoms with Crippen LogP contribution in [0.25, 0.3) is 11.0 Å². The second-order valence-electron chi connectivity index (χ2n) is 6.54. The molecule has 9 heteroatoms. The molecule has 1 saturated heterocycles. The van der Waals surface area contributed by atoms with Crippen LogP contribution in [-0.4, -0.2) is 59.1 Å². The summed E-state index contributed by atoms with van der Waals surface area (Å²) >= 11 is 0. The zero-order chi connectivity index (χ0) is 20.8. The predicted octanol–water partition coefficient (Wildman–Crippen LogP) is -0.305. The molecule has 3 rings (SSSR count). The number of aliphatic hydroxyl groups excluding tert-OH is 1. The predicted molar refractivity (Wildman–Crippen MR) is 104 cm³/mol. The van der Waals surface area contributed by atoms with Crippen molar-refractivity contribution in [2.24, 2.45) is 7.05 Å². The fraction of sp³-hybridized carbons (Fsp3) is 0.450. The molecule has 1 unspecified atom stereocenters. The second-order valence-corrected chi connectivity index (χ2v) is 6.54. The summed E-state index contributed by atoms with van der Waals surface area (Å²) in [7, 11) is 1.63. The van der Waals surface area contributed by atoms with Crippen LogP contribution in [0.5, 0.6) is 0 Å². The van der Waals surface area contributed by atoms with E-state index in [0.717, 1.165) is 0 Å². The molecule has 1 aromatic heterocycles. The normalized spacial score (nSPS) is 16.6. The van der Waals surface area contributed by atoms with E-state index in [9.17, 15) is 14.4 Å².